The highest BCUT2D eigenvalue weighted by Gasteiger charge is 2.29. The summed E-state index contributed by atoms with van der Waals surface area (Å²) in [6.45, 7) is 26.9. The monoisotopic (exact) mass is 990 g/mol. The molecule has 73 heavy (non-hydrogen) atoms. The van der Waals surface area contributed by atoms with Gasteiger partial charge in [-0.1, -0.05) is 111 Å². The maximum absolute atomic E-state index is 5.26. The summed E-state index contributed by atoms with van der Waals surface area (Å²) in [6, 6.07) is 32.9. The first kappa shape index (κ1) is 50.1. The van der Waals surface area contributed by atoms with Gasteiger partial charge in [0.25, 0.3) is 0 Å². The molecule has 0 bridgehead atoms. The second-order valence-corrected chi connectivity index (χ2v) is 21.9. The Morgan fingerprint density at radius 1 is 0.822 bits per heavy atom. The number of para-hydroxylation sites is 2. The first-order chi connectivity index (χ1) is 35.7. The van der Waals surface area contributed by atoms with Crippen molar-refractivity contribution in [3.05, 3.63) is 168 Å². The number of thiazole rings is 1. The van der Waals surface area contributed by atoms with Crippen molar-refractivity contribution in [2.45, 2.75) is 90.0 Å². The van der Waals surface area contributed by atoms with Gasteiger partial charge in [-0.2, -0.15) is 5.10 Å². The summed E-state index contributed by atoms with van der Waals surface area (Å²) >= 11 is 1.66. The number of fused-ring (bicyclic) bond motifs is 3. The number of allylic oxidation sites excluding steroid dienone is 2. The highest BCUT2D eigenvalue weighted by atomic mass is 32.1. The van der Waals surface area contributed by atoms with E-state index in [9.17, 15) is 0 Å². The van der Waals surface area contributed by atoms with Crippen LogP contribution in [0.5, 0.6) is 0 Å². The molecule has 0 amide bonds. The molecule has 2 N–H and O–H groups in total. The van der Waals surface area contributed by atoms with E-state index in [2.05, 4.69) is 155 Å². The minimum absolute atomic E-state index is 0.153. The Morgan fingerprint density at radius 2 is 1.62 bits per heavy atom. The predicted octanol–water partition coefficient (Wildman–Crippen LogP) is 14.0. The van der Waals surface area contributed by atoms with E-state index in [1.807, 2.05) is 25.3 Å². The number of aryl methyl sites for hydroxylation is 2. The molecule has 7 aromatic rings. The molecule has 2 fully saturated rings. The van der Waals surface area contributed by atoms with Crippen LogP contribution in [0.3, 0.4) is 0 Å². The number of pyridine rings is 1. The second-order valence-electron chi connectivity index (χ2n) is 20.9. The molecule has 10 rings (SSSR count). The van der Waals surface area contributed by atoms with Gasteiger partial charge in [-0.15, -0.1) is 6.58 Å². The molecule has 9 nitrogen and oxygen atoms in total. The number of benzene rings is 4. The largest absolute Gasteiger partial charge is 0.391 e. The average molecular weight is 990 g/mol. The van der Waals surface area contributed by atoms with Crippen LogP contribution in [0.25, 0.3) is 44.0 Å². The van der Waals surface area contributed by atoms with E-state index in [1.165, 1.54) is 109 Å². The minimum atomic E-state index is 0.153. The lowest BCUT2D eigenvalue weighted by Crippen LogP contribution is -2.41. The Kier molecular flexibility index (Phi) is 15.6. The van der Waals surface area contributed by atoms with Crippen LogP contribution in [0, 0.1) is 18.8 Å². The molecule has 10 heteroatoms. The van der Waals surface area contributed by atoms with Crippen LogP contribution in [0.15, 0.2) is 129 Å². The lowest BCUT2D eigenvalue weighted by atomic mass is 9.88. The van der Waals surface area contributed by atoms with Crippen molar-refractivity contribution < 1.29 is 0 Å². The highest BCUT2D eigenvalue weighted by Crippen LogP contribution is 2.39. The van der Waals surface area contributed by atoms with E-state index >= 15 is 0 Å². The van der Waals surface area contributed by atoms with Crippen molar-refractivity contribution in [2.75, 3.05) is 61.4 Å². The van der Waals surface area contributed by atoms with Gasteiger partial charge in [0.1, 0.15) is 5.82 Å². The van der Waals surface area contributed by atoms with Crippen LogP contribution >= 0.6 is 11.3 Å². The number of nitrogens with one attached hydrogen (secondary N) is 2. The van der Waals surface area contributed by atoms with E-state index in [0.29, 0.717) is 0 Å². The van der Waals surface area contributed by atoms with E-state index < -0.39 is 0 Å². The number of unbranched alkanes of at least 4 members (excludes halogenated alkanes) is 1. The summed E-state index contributed by atoms with van der Waals surface area (Å²) < 4.78 is 3.27. The molecule has 3 aromatic heterocycles. The first-order valence-electron chi connectivity index (χ1n) is 27.0. The Bertz CT molecular complexity index is 3080. The van der Waals surface area contributed by atoms with Gasteiger partial charge in [-0.05, 0) is 154 Å². The molecular weight excluding hydrogens is 915 g/mol. The molecule has 378 valence electrons. The van der Waals surface area contributed by atoms with Crippen molar-refractivity contribution in [3.8, 4) is 11.1 Å². The SMILES string of the molecule is C=CCCC(C(=C)NC)c1nn(C)c2c(N3CCC(CN4CCC(CCCCc5cccc(-c6ccc(N7CCc8cccc(C(=C)Nc9nc%10ccccc%10s9)c8C7)nc6C=C)c5C)CC4)CC3)cccc12. The third-order valence-electron chi connectivity index (χ3n) is 16.4. The number of aromatic nitrogens is 4. The molecule has 6 heterocycles. The van der Waals surface area contributed by atoms with Gasteiger partial charge in [0.2, 0.25) is 0 Å². The normalized spacial score (nSPS) is 16.2. The molecule has 4 aromatic carbocycles. The zero-order valence-corrected chi connectivity index (χ0v) is 44.5. The molecule has 3 aliphatic heterocycles. The lowest BCUT2D eigenvalue weighted by molar-refractivity contribution is 0.146. The minimum Gasteiger partial charge on any atom is -0.391 e. The van der Waals surface area contributed by atoms with Gasteiger partial charge in [0.05, 0.1) is 32.8 Å². The average Bonchev–Trinajstić information content (AvgIpc) is 4.00. The van der Waals surface area contributed by atoms with Gasteiger partial charge in [0.15, 0.2) is 5.13 Å². The summed E-state index contributed by atoms with van der Waals surface area (Å²) in [6.07, 6.45) is 16.9. The molecule has 3 aliphatic rings. The zero-order chi connectivity index (χ0) is 50.4. The van der Waals surface area contributed by atoms with Crippen LogP contribution in [-0.2, 0) is 26.4 Å². The number of hydrogen-bond donors (Lipinski definition) is 2. The smallest absolute Gasteiger partial charge is 0.188 e. The number of likely N-dealkylation sites (N-methyl/N-ethyl adjacent to an activating group) is 1. The Balaban J connectivity index is 0.688. The van der Waals surface area contributed by atoms with Gasteiger partial charge in [-0.3, -0.25) is 4.68 Å². The number of nitrogens with zero attached hydrogens (tertiary/aromatic N) is 7. The summed E-state index contributed by atoms with van der Waals surface area (Å²) in [4.78, 5) is 17.9. The first-order valence-corrected chi connectivity index (χ1v) is 27.8. The van der Waals surface area contributed by atoms with Crippen LogP contribution < -0.4 is 20.4 Å². The molecule has 1 atom stereocenters. The van der Waals surface area contributed by atoms with Gasteiger partial charge in [-0.25, -0.2) is 9.97 Å². The highest BCUT2D eigenvalue weighted by molar-refractivity contribution is 7.22. The number of hydrogen-bond acceptors (Lipinski definition) is 9. The van der Waals surface area contributed by atoms with Gasteiger partial charge >= 0.3 is 0 Å². The van der Waals surface area contributed by atoms with E-state index in [-0.39, 0.29) is 5.92 Å². The summed E-state index contributed by atoms with van der Waals surface area (Å²) in [5.74, 6) is 2.74. The van der Waals surface area contributed by atoms with Crippen molar-refractivity contribution in [2.24, 2.45) is 18.9 Å². The Hall–Kier alpha value is -6.49. The lowest BCUT2D eigenvalue weighted by Gasteiger charge is -2.38. The summed E-state index contributed by atoms with van der Waals surface area (Å²) in [5.41, 5.74) is 16.5. The fraction of sp³-hybridized carbons (Fsp3) is 0.381. The molecule has 0 aliphatic carbocycles. The molecule has 2 saturated heterocycles. The summed E-state index contributed by atoms with van der Waals surface area (Å²) in [7, 11) is 4.06. The van der Waals surface area contributed by atoms with Crippen LogP contribution in [-0.4, -0.2) is 71.0 Å². The quantitative estimate of drug-likeness (QED) is 0.0578. The van der Waals surface area contributed by atoms with Gasteiger partial charge in [0, 0.05) is 80.6 Å². The molecular formula is C63H75N9S. The van der Waals surface area contributed by atoms with Crippen LogP contribution in [0.4, 0.5) is 16.6 Å². The molecule has 0 saturated carbocycles. The number of piperidine rings is 2. The van der Waals surface area contributed by atoms with Crippen molar-refractivity contribution in [3.63, 3.8) is 0 Å². The number of likely N-dealkylation sites (tertiary alicyclic amines) is 1. The third-order valence-corrected chi connectivity index (χ3v) is 17.4. The molecule has 0 spiro atoms. The van der Waals surface area contributed by atoms with Crippen molar-refractivity contribution in [1.82, 2.24) is 30.0 Å². The maximum atomic E-state index is 5.26. The van der Waals surface area contributed by atoms with Crippen molar-refractivity contribution in [1.29, 1.82) is 0 Å². The molecule has 1 unspecified atom stereocenters. The fourth-order valence-electron chi connectivity index (χ4n) is 12.2. The summed E-state index contributed by atoms with van der Waals surface area (Å²) in [5, 5.41) is 14.0. The van der Waals surface area contributed by atoms with Gasteiger partial charge < -0.3 is 25.3 Å². The number of rotatable bonds is 20. The fourth-order valence-corrected chi connectivity index (χ4v) is 13.1. The maximum Gasteiger partial charge on any atom is 0.188 e. The number of anilines is 3. The second kappa shape index (κ2) is 22.7. The molecule has 0 radical (unpaired) electrons. The zero-order valence-electron chi connectivity index (χ0n) is 43.6. The van der Waals surface area contributed by atoms with Crippen LogP contribution in [0.2, 0.25) is 0 Å². The third kappa shape index (κ3) is 10.9. The predicted molar refractivity (Wildman–Crippen MR) is 311 cm³/mol. The Labute approximate surface area is 438 Å². The Morgan fingerprint density at radius 3 is 2.41 bits per heavy atom. The van der Waals surface area contributed by atoms with E-state index in [4.69, 9.17) is 15.1 Å². The van der Waals surface area contributed by atoms with Crippen molar-refractivity contribution >= 4 is 60.9 Å². The standard InChI is InChI=1S/C63H75N9S/c1-8-10-22-52(44(4)64-6)61-54-25-17-27-58(62(54)69(7)68-61)71-38-33-47(34-39-71)41-70-36-31-46(32-37-70)18-11-12-19-48-20-15-23-50(43(48)3)53-29-30-60(66-56(53)9-2)72-40-35-49-21-16-24-51(55(49)42-72)45(5)65-63-67-57-26-13-14-28-59(57)73-63/h8-9,13-17,20-21,23-30,46-47,52,64H,1-2,4-5,10-12,18-19,22,31-42H2,3,6-7H3,(H,65,67). The van der Waals surface area contributed by atoms with Crippen LogP contribution in [0.1, 0.15) is 103 Å². The topological polar surface area (TPSA) is 77.4 Å². The van der Waals surface area contributed by atoms with E-state index in [1.54, 1.807) is 11.3 Å². The van der Waals surface area contributed by atoms with E-state index in [0.717, 1.165) is 119 Å².